The van der Waals surface area contributed by atoms with Crippen LogP contribution in [0, 0.1) is 0 Å². The van der Waals surface area contributed by atoms with Crippen molar-refractivity contribution in [1.29, 1.82) is 0 Å². The molecule has 20 heavy (non-hydrogen) atoms. The van der Waals surface area contributed by atoms with Gasteiger partial charge in [0.05, 0.1) is 22.8 Å². The van der Waals surface area contributed by atoms with Crippen LogP contribution in [-0.2, 0) is 11.3 Å². The number of hydrogen-bond acceptors (Lipinski definition) is 4. The van der Waals surface area contributed by atoms with Gasteiger partial charge in [-0.05, 0) is 26.1 Å². The third-order valence-corrected chi connectivity index (χ3v) is 4.21. The molecule has 1 aromatic carbocycles. The van der Waals surface area contributed by atoms with E-state index in [-0.39, 0.29) is 11.9 Å². The topological polar surface area (TPSA) is 45.2 Å². The molecule has 1 atom stereocenters. The van der Waals surface area contributed by atoms with Gasteiger partial charge in [0.15, 0.2) is 0 Å². The summed E-state index contributed by atoms with van der Waals surface area (Å²) in [7, 11) is 1.93. The van der Waals surface area contributed by atoms with Crippen LogP contribution in [0.2, 0.25) is 0 Å². The molecule has 0 unspecified atom stereocenters. The zero-order chi connectivity index (χ0) is 14.5. The molecular weight excluding hydrogens is 270 g/mol. The Morgan fingerprint density at radius 1 is 1.55 bits per heavy atom. The minimum absolute atomic E-state index is 0.00788. The van der Waals surface area contributed by atoms with E-state index in [1.165, 1.54) is 4.70 Å². The lowest BCUT2D eigenvalue weighted by atomic mass is 10.2. The largest absolute Gasteiger partial charge is 0.351 e. The van der Waals surface area contributed by atoms with Gasteiger partial charge in [-0.3, -0.25) is 9.69 Å². The number of hydrogen-bond donors (Lipinski definition) is 1. The molecule has 1 N–H and O–H groups in total. The molecule has 0 saturated heterocycles. The molecule has 1 aromatic heterocycles. The van der Waals surface area contributed by atoms with E-state index in [0.29, 0.717) is 13.1 Å². The number of fused-ring (bicyclic) bond motifs is 1. The fourth-order valence-corrected chi connectivity index (χ4v) is 2.89. The van der Waals surface area contributed by atoms with Crippen molar-refractivity contribution in [2.45, 2.75) is 19.5 Å². The average Bonchev–Trinajstić information content (AvgIpc) is 2.85. The highest BCUT2D eigenvalue weighted by Gasteiger charge is 2.18. The Kier molecular flexibility index (Phi) is 4.87. The van der Waals surface area contributed by atoms with Gasteiger partial charge in [-0.25, -0.2) is 4.98 Å². The Bertz CT molecular complexity index is 575. The highest BCUT2D eigenvalue weighted by atomic mass is 32.1. The first-order chi connectivity index (χ1) is 9.61. The van der Waals surface area contributed by atoms with Crippen molar-refractivity contribution in [1.82, 2.24) is 15.2 Å². The van der Waals surface area contributed by atoms with Gasteiger partial charge < -0.3 is 5.32 Å². The number of nitrogens with one attached hydrogen (secondary N) is 1. The summed E-state index contributed by atoms with van der Waals surface area (Å²) in [6, 6.07) is 7.88. The quantitative estimate of drug-likeness (QED) is 0.831. The number of benzene rings is 1. The smallest absolute Gasteiger partial charge is 0.237 e. The molecule has 0 spiro atoms. The number of amides is 1. The van der Waals surface area contributed by atoms with Crippen LogP contribution < -0.4 is 5.32 Å². The Morgan fingerprint density at radius 3 is 3.00 bits per heavy atom. The number of likely N-dealkylation sites (N-methyl/N-ethyl adjacent to an activating group) is 1. The number of rotatable bonds is 6. The number of nitrogens with zero attached hydrogens (tertiary/aromatic N) is 2. The van der Waals surface area contributed by atoms with E-state index in [2.05, 4.69) is 22.9 Å². The number of carbonyl (C=O) groups excluding carboxylic acids is 1. The second-order valence-corrected chi connectivity index (χ2v) is 5.82. The number of para-hydroxylation sites is 1. The van der Waals surface area contributed by atoms with Crippen molar-refractivity contribution in [2.24, 2.45) is 0 Å². The fraction of sp³-hybridized carbons (Fsp3) is 0.333. The summed E-state index contributed by atoms with van der Waals surface area (Å²) in [6.45, 7) is 6.65. The zero-order valence-electron chi connectivity index (χ0n) is 11.8. The van der Waals surface area contributed by atoms with E-state index in [1.807, 2.05) is 37.1 Å². The molecule has 0 fully saturated rings. The minimum Gasteiger partial charge on any atom is -0.351 e. The van der Waals surface area contributed by atoms with Gasteiger partial charge in [0.1, 0.15) is 5.01 Å². The maximum Gasteiger partial charge on any atom is 0.237 e. The van der Waals surface area contributed by atoms with Gasteiger partial charge in [-0.1, -0.05) is 18.2 Å². The van der Waals surface area contributed by atoms with E-state index in [9.17, 15) is 4.79 Å². The second-order valence-electron chi connectivity index (χ2n) is 4.70. The summed E-state index contributed by atoms with van der Waals surface area (Å²) in [4.78, 5) is 18.5. The van der Waals surface area contributed by atoms with Crippen molar-refractivity contribution in [3.63, 3.8) is 0 Å². The third kappa shape index (κ3) is 3.43. The van der Waals surface area contributed by atoms with Crippen LogP contribution in [0.3, 0.4) is 0 Å². The van der Waals surface area contributed by atoms with Gasteiger partial charge in [0.2, 0.25) is 5.91 Å². The molecule has 1 heterocycles. The molecule has 2 rings (SSSR count). The molecule has 0 saturated carbocycles. The Labute approximate surface area is 123 Å². The summed E-state index contributed by atoms with van der Waals surface area (Å²) >= 11 is 1.67. The summed E-state index contributed by atoms with van der Waals surface area (Å²) in [6.07, 6.45) is 1.68. The zero-order valence-corrected chi connectivity index (χ0v) is 12.6. The number of aromatic nitrogens is 1. The predicted molar refractivity (Wildman–Crippen MR) is 83.8 cm³/mol. The van der Waals surface area contributed by atoms with Crippen molar-refractivity contribution < 1.29 is 4.79 Å². The first-order valence-electron chi connectivity index (χ1n) is 6.55. The molecule has 106 valence electrons. The van der Waals surface area contributed by atoms with Crippen molar-refractivity contribution in [3.8, 4) is 0 Å². The fourth-order valence-electron chi connectivity index (χ4n) is 1.86. The molecule has 0 bridgehead atoms. The molecule has 0 aliphatic rings. The summed E-state index contributed by atoms with van der Waals surface area (Å²) in [5, 5.41) is 3.83. The van der Waals surface area contributed by atoms with Crippen LogP contribution in [-0.4, -0.2) is 35.4 Å². The molecule has 0 aliphatic carbocycles. The Morgan fingerprint density at radius 2 is 2.30 bits per heavy atom. The van der Waals surface area contributed by atoms with Crippen molar-refractivity contribution in [3.05, 3.63) is 41.9 Å². The summed E-state index contributed by atoms with van der Waals surface area (Å²) in [5.41, 5.74) is 1.02. The van der Waals surface area contributed by atoms with Crippen LogP contribution in [0.4, 0.5) is 0 Å². The first kappa shape index (κ1) is 14.7. The number of carbonyl (C=O) groups is 1. The Hall–Kier alpha value is -1.72. The molecular formula is C15H19N3OS. The maximum atomic E-state index is 11.9. The van der Waals surface area contributed by atoms with E-state index in [4.69, 9.17) is 0 Å². The third-order valence-electron chi connectivity index (χ3n) is 3.18. The second kappa shape index (κ2) is 6.63. The van der Waals surface area contributed by atoms with Gasteiger partial charge in [-0.15, -0.1) is 17.9 Å². The Balaban J connectivity index is 2.01. The van der Waals surface area contributed by atoms with Crippen LogP contribution in [0.5, 0.6) is 0 Å². The van der Waals surface area contributed by atoms with Crippen LogP contribution in [0.25, 0.3) is 10.2 Å². The van der Waals surface area contributed by atoms with E-state index >= 15 is 0 Å². The van der Waals surface area contributed by atoms with Crippen molar-refractivity contribution in [2.75, 3.05) is 13.6 Å². The van der Waals surface area contributed by atoms with E-state index in [1.54, 1.807) is 17.4 Å². The lowest BCUT2D eigenvalue weighted by Gasteiger charge is -2.22. The molecule has 5 heteroatoms. The highest BCUT2D eigenvalue weighted by Crippen LogP contribution is 2.22. The minimum atomic E-state index is -0.193. The molecule has 0 radical (unpaired) electrons. The van der Waals surface area contributed by atoms with Crippen LogP contribution in [0.1, 0.15) is 11.9 Å². The monoisotopic (exact) mass is 289 g/mol. The lowest BCUT2D eigenvalue weighted by molar-refractivity contribution is -0.125. The summed E-state index contributed by atoms with van der Waals surface area (Å²) < 4.78 is 1.18. The van der Waals surface area contributed by atoms with E-state index in [0.717, 1.165) is 10.5 Å². The van der Waals surface area contributed by atoms with E-state index < -0.39 is 0 Å². The lowest BCUT2D eigenvalue weighted by Crippen LogP contribution is -2.42. The SMILES string of the molecule is C=CCNC(=O)[C@H](C)N(C)Cc1nc2ccccc2s1. The molecule has 4 nitrogen and oxygen atoms in total. The van der Waals surface area contributed by atoms with Gasteiger partial charge in [-0.2, -0.15) is 0 Å². The normalized spacial score (nSPS) is 12.6. The average molecular weight is 289 g/mol. The van der Waals surface area contributed by atoms with Gasteiger partial charge in [0, 0.05) is 6.54 Å². The van der Waals surface area contributed by atoms with Gasteiger partial charge in [0.25, 0.3) is 0 Å². The van der Waals surface area contributed by atoms with Gasteiger partial charge >= 0.3 is 0 Å². The maximum absolute atomic E-state index is 11.9. The van der Waals surface area contributed by atoms with Crippen LogP contribution in [0.15, 0.2) is 36.9 Å². The number of thiazole rings is 1. The van der Waals surface area contributed by atoms with Crippen molar-refractivity contribution >= 4 is 27.5 Å². The molecule has 0 aliphatic heterocycles. The molecule has 1 amide bonds. The predicted octanol–water partition coefficient (Wildman–Crippen LogP) is 2.42. The standard InChI is InChI=1S/C15H19N3OS/c1-4-9-16-15(19)11(2)18(3)10-14-17-12-7-5-6-8-13(12)20-14/h4-8,11H,1,9-10H2,2-3H3,(H,16,19)/t11-/m0/s1. The molecule has 2 aromatic rings. The highest BCUT2D eigenvalue weighted by molar-refractivity contribution is 7.18. The van der Waals surface area contributed by atoms with Crippen LogP contribution >= 0.6 is 11.3 Å². The summed E-state index contributed by atoms with van der Waals surface area (Å²) in [5.74, 6) is 0.00788. The first-order valence-corrected chi connectivity index (χ1v) is 7.36.